The molecule has 0 unspecified atom stereocenters. The molecule has 0 saturated heterocycles. The first-order valence-corrected chi connectivity index (χ1v) is 9.47. The Morgan fingerprint density at radius 1 is 0.935 bits per heavy atom. The molecule has 0 aromatic heterocycles. The van der Waals surface area contributed by atoms with E-state index in [4.69, 9.17) is 23.7 Å². The van der Waals surface area contributed by atoms with Gasteiger partial charge in [0.2, 0.25) is 0 Å². The number of rotatable bonds is 9. The van der Waals surface area contributed by atoms with E-state index in [1.165, 1.54) is 32.4 Å². The quantitative estimate of drug-likeness (QED) is 0.259. The van der Waals surface area contributed by atoms with Crippen LogP contribution in [0.3, 0.4) is 0 Å². The second-order valence-corrected chi connectivity index (χ2v) is 5.99. The molecule has 0 heterocycles. The summed E-state index contributed by atoms with van der Waals surface area (Å²) < 4.78 is 26.3. The number of esters is 2. The van der Waals surface area contributed by atoms with Crippen LogP contribution in [0.4, 0.5) is 0 Å². The lowest BCUT2D eigenvalue weighted by Crippen LogP contribution is -2.10. The van der Waals surface area contributed by atoms with E-state index in [1.54, 1.807) is 38.1 Å². The maximum absolute atomic E-state index is 12.6. The smallest absolute Gasteiger partial charge is 0.348 e. The van der Waals surface area contributed by atoms with Crippen molar-refractivity contribution in [2.45, 2.75) is 13.8 Å². The van der Waals surface area contributed by atoms with E-state index >= 15 is 0 Å². The molecule has 0 amide bonds. The Bertz CT molecular complexity index is 1020. The van der Waals surface area contributed by atoms with E-state index in [-0.39, 0.29) is 29.2 Å². The van der Waals surface area contributed by atoms with Crippen LogP contribution in [0.25, 0.3) is 6.08 Å². The fraction of sp³-hybridized carbons (Fsp3) is 0.261. The minimum Gasteiger partial charge on any atom is -0.493 e. The molecule has 31 heavy (non-hydrogen) atoms. The fourth-order valence-corrected chi connectivity index (χ4v) is 2.60. The highest BCUT2D eigenvalue weighted by Crippen LogP contribution is 2.32. The van der Waals surface area contributed by atoms with Crippen LogP contribution in [0, 0.1) is 11.3 Å². The van der Waals surface area contributed by atoms with Gasteiger partial charge in [0, 0.05) is 0 Å². The molecule has 0 bridgehead atoms. The monoisotopic (exact) mass is 425 g/mol. The molecule has 2 aromatic rings. The number of ether oxygens (including phenoxy) is 5. The molecule has 8 nitrogen and oxygen atoms in total. The number of carbonyl (C=O) groups is 2. The Balaban J connectivity index is 2.32. The number of nitrogens with zero attached hydrogens (tertiary/aromatic N) is 1. The van der Waals surface area contributed by atoms with E-state index in [9.17, 15) is 14.9 Å². The van der Waals surface area contributed by atoms with Crippen molar-refractivity contribution in [2.75, 3.05) is 27.4 Å². The van der Waals surface area contributed by atoms with Crippen LogP contribution in [0.5, 0.6) is 23.0 Å². The van der Waals surface area contributed by atoms with E-state index in [2.05, 4.69) is 0 Å². The summed E-state index contributed by atoms with van der Waals surface area (Å²) in [6, 6.07) is 11.2. The van der Waals surface area contributed by atoms with Crippen LogP contribution >= 0.6 is 0 Å². The van der Waals surface area contributed by atoms with Crippen LogP contribution < -0.4 is 18.9 Å². The summed E-state index contributed by atoms with van der Waals surface area (Å²) in [5.41, 5.74) is 0.622. The fourth-order valence-electron chi connectivity index (χ4n) is 2.60. The van der Waals surface area contributed by atoms with Crippen molar-refractivity contribution in [3.63, 3.8) is 0 Å². The maximum atomic E-state index is 12.6. The van der Waals surface area contributed by atoms with Gasteiger partial charge < -0.3 is 23.7 Å². The third-order valence-corrected chi connectivity index (χ3v) is 4.02. The maximum Gasteiger partial charge on any atom is 0.348 e. The Hall–Kier alpha value is -3.99. The number of methoxy groups -OCH3 is 2. The highest BCUT2D eigenvalue weighted by Gasteiger charge is 2.16. The molecule has 0 spiro atoms. The topological polar surface area (TPSA) is 104 Å². The average molecular weight is 425 g/mol. The summed E-state index contributed by atoms with van der Waals surface area (Å²) in [7, 11) is 2.97. The molecule has 0 atom stereocenters. The second kappa shape index (κ2) is 11.3. The Labute approximate surface area is 180 Å². The Morgan fingerprint density at radius 2 is 1.65 bits per heavy atom. The highest BCUT2D eigenvalue weighted by atomic mass is 16.6. The lowest BCUT2D eigenvalue weighted by molar-refractivity contribution is -0.137. The molecule has 0 aliphatic heterocycles. The predicted octanol–water partition coefficient (Wildman–Crippen LogP) is 3.79. The van der Waals surface area contributed by atoms with Crippen LogP contribution in [0.2, 0.25) is 0 Å². The van der Waals surface area contributed by atoms with Gasteiger partial charge in [-0.1, -0.05) is 6.07 Å². The SMILES string of the molecule is CCOC(=O)/C(C#N)=C/c1ccc(OC(=O)c2ccc(OC)c(OC)c2)c(OCC)c1. The van der Waals surface area contributed by atoms with E-state index in [1.807, 2.05) is 6.07 Å². The summed E-state index contributed by atoms with van der Waals surface area (Å²) in [6.45, 7) is 3.91. The summed E-state index contributed by atoms with van der Waals surface area (Å²) in [6.07, 6.45) is 1.38. The summed E-state index contributed by atoms with van der Waals surface area (Å²) in [5.74, 6) is 0.0200. The van der Waals surface area contributed by atoms with Gasteiger partial charge in [-0.25, -0.2) is 9.59 Å². The summed E-state index contributed by atoms with van der Waals surface area (Å²) in [5, 5.41) is 9.20. The van der Waals surface area contributed by atoms with Crippen LogP contribution in [-0.4, -0.2) is 39.4 Å². The van der Waals surface area contributed by atoms with Gasteiger partial charge >= 0.3 is 11.9 Å². The van der Waals surface area contributed by atoms with Gasteiger partial charge in [-0.15, -0.1) is 0 Å². The molecule has 0 fully saturated rings. The molecule has 8 heteroatoms. The first kappa shape index (κ1) is 23.3. The number of nitriles is 1. The Morgan fingerprint density at radius 3 is 2.26 bits per heavy atom. The van der Waals surface area contributed by atoms with Gasteiger partial charge in [-0.3, -0.25) is 0 Å². The van der Waals surface area contributed by atoms with Crippen molar-refractivity contribution in [2.24, 2.45) is 0 Å². The zero-order valence-corrected chi connectivity index (χ0v) is 17.8. The lowest BCUT2D eigenvalue weighted by Gasteiger charge is -2.13. The van der Waals surface area contributed by atoms with Crippen molar-refractivity contribution in [1.29, 1.82) is 5.26 Å². The van der Waals surface area contributed by atoms with Gasteiger partial charge in [-0.05, 0) is 55.8 Å². The van der Waals surface area contributed by atoms with Crippen LogP contribution in [0.15, 0.2) is 42.0 Å². The summed E-state index contributed by atoms with van der Waals surface area (Å²) in [4.78, 5) is 24.4. The highest BCUT2D eigenvalue weighted by molar-refractivity contribution is 5.98. The molecular formula is C23H23NO7. The number of benzene rings is 2. The van der Waals surface area contributed by atoms with Gasteiger partial charge in [0.05, 0.1) is 33.0 Å². The lowest BCUT2D eigenvalue weighted by atomic mass is 10.1. The molecule has 0 radical (unpaired) electrons. The average Bonchev–Trinajstić information content (AvgIpc) is 2.78. The van der Waals surface area contributed by atoms with Crippen molar-refractivity contribution in [3.05, 3.63) is 53.1 Å². The molecular weight excluding hydrogens is 402 g/mol. The second-order valence-electron chi connectivity index (χ2n) is 5.99. The predicted molar refractivity (Wildman–Crippen MR) is 112 cm³/mol. The first-order chi connectivity index (χ1) is 15.0. The van der Waals surface area contributed by atoms with E-state index in [0.29, 0.717) is 23.7 Å². The van der Waals surface area contributed by atoms with Crippen LogP contribution in [-0.2, 0) is 9.53 Å². The number of hydrogen-bond donors (Lipinski definition) is 0. The van der Waals surface area contributed by atoms with Gasteiger partial charge in [0.25, 0.3) is 0 Å². The Kier molecular flexibility index (Phi) is 8.46. The van der Waals surface area contributed by atoms with Crippen molar-refractivity contribution in [1.82, 2.24) is 0 Å². The van der Waals surface area contributed by atoms with Crippen molar-refractivity contribution < 1.29 is 33.3 Å². The third-order valence-electron chi connectivity index (χ3n) is 4.02. The molecule has 0 N–H and O–H groups in total. The normalized spacial score (nSPS) is 10.6. The van der Waals surface area contributed by atoms with Gasteiger partial charge in [0.15, 0.2) is 23.0 Å². The zero-order valence-electron chi connectivity index (χ0n) is 17.8. The largest absolute Gasteiger partial charge is 0.493 e. The summed E-state index contributed by atoms with van der Waals surface area (Å²) >= 11 is 0. The third kappa shape index (κ3) is 6.00. The van der Waals surface area contributed by atoms with Gasteiger partial charge in [-0.2, -0.15) is 5.26 Å². The van der Waals surface area contributed by atoms with E-state index in [0.717, 1.165) is 0 Å². The van der Waals surface area contributed by atoms with Crippen LogP contribution in [0.1, 0.15) is 29.8 Å². The van der Waals surface area contributed by atoms with Crippen molar-refractivity contribution >= 4 is 18.0 Å². The minimum absolute atomic E-state index is 0.153. The molecule has 0 saturated carbocycles. The molecule has 0 aliphatic rings. The van der Waals surface area contributed by atoms with E-state index < -0.39 is 11.9 Å². The standard InChI is InChI=1S/C23H23NO7/c1-5-29-21-12-15(11-17(14-24)22(25)30-6-2)7-9-19(21)31-23(26)16-8-10-18(27-3)20(13-16)28-4/h7-13H,5-6H2,1-4H3/b17-11+. The minimum atomic E-state index is -0.716. The van der Waals surface area contributed by atoms with Crippen molar-refractivity contribution in [3.8, 4) is 29.1 Å². The molecule has 2 rings (SSSR count). The molecule has 0 aliphatic carbocycles. The number of carbonyl (C=O) groups excluding carboxylic acids is 2. The molecule has 162 valence electrons. The number of hydrogen-bond acceptors (Lipinski definition) is 8. The first-order valence-electron chi connectivity index (χ1n) is 9.47. The zero-order chi connectivity index (χ0) is 22.8. The molecule has 2 aromatic carbocycles. The van der Waals surface area contributed by atoms with Gasteiger partial charge in [0.1, 0.15) is 11.6 Å².